The predicted octanol–water partition coefficient (Wildman–Crippen LogP) is 14.8. The fraction of sp³-hybridized carbons (Fsp3) is 0.0741. The minimum Gasteiger partial charge on any atom is -0.309 e. The number of rotatable bonds is 3. The maximum atomic E-state index is 5.23. The zero-order chi connectivity index (χ0) is 39.6. The van der Waals surface area contributed by atoms with Gasteiger partial charge in [-0.15, -0.1) is 0 Å². The fourth-order valence-corrected chi connectivity index (χ4v) is 8.39. The highest BCUT2D eigenvalue weighted by Gasteiger charge is 2.33. The van der Waals surface area contributed by atoms with Crippen LogP contribution in [0, 0.1) is 13.8 Å². The Morgan fingerprint density at radius 2 is 1.09 bits per heavy atom. The molecule has 0 amide bonds. The van der Waals surface area contributed by atoms with E-state index < -0.39 is 0 Å². The zero-order valence-electron chi connectivity index (χ0n) is 33.3. The van der Waals surface area contributed by atoms with Gasteiger partial charge in [0.05, 0.1) is 28.3 Å². The SMILES string of the molecule is CC.Cc1nc(-c2ccccc2)cc(-n2c3c(c4ccc5c(C)cccc5c42)-c2ccccc2N(c2ccccc2)c2c-3ccc3ccccc23)n1.c1ccccc1. The van der Waals surface area contributed by atoms with Crippen LogP contribution in [0.1, 0.15) is 25.2 Å². The van der Waals surface area contributed by atoms with Crippen LogP contribution in [-0.4, -0.2) is 14.5 Å². The average molecular weight is 749 g/mol. The fourth-order valence-electron chi connectivity index (χ4n) is 8.39. The van der Waals surface area contributed by atoms with E-state index in [1.54, 1.807) is 0 Å². The van der Waals surface area contributed by atoms with Gasteiger partial charge in [-0.1, -0.05) is 184 Å². The molecule has 0 saturated carbocycles. The summed E-state index contributed by atoms with van der Waals surface area (Å²) in [5.74, 6) is 1.58. The Hall–Kier alpha value is -7.30. The second-order valence-electron chi connectivity index (χ2n) is 14.2. The number of nitrogens with zero attached hydrogens (tertiary/aromatic N) is 4. The van der Waals surface area contributed by atoms with Crippen LogP contribution >= 0.6 is 0 Å². The molecule has 0 aliphatic carbocycles. The monoisotopic (exact) mass is 748 g/mol. The summed E-state index contributed by atoms with van der Waals surface area (Å²) in [6.07, 6.45) is 0. The lowest BCUT2D eigenvalue weighted by Crippen LogP contribution is -2.12. The lowest BCUT2D eigenvalue weighted by molar-refractivity contribution is 0.974. The molecule has 0 atom stereocenters. The van der Waals surface area contributed by atoms with Crippen LogP contribution in [0.2, 0.25) is 0 Å². The second-order valence-corrected chi connectivity index (χ2v) is 14.2. The van der Waals surface area contributed by atoms with Crippen molar-refractivity contribution in [1.82, 2.24) is 14.5 Å². The number of para-hydroxylation sites is 2. The first-order chi connectivity index (χ1) is 28.7. The molecule has 11 rings (SSSR count). The lowest BCUT2D eigenvalue weighted by atomic mass is 9.95. The summed E-state index contributed by atoms with van der Waals surface area (Å²) in [5.41, 5.74) is 12.4. The second kappa shape index (κ2) is 15.7. The van der Waals surface area contributed by atoms with Crippen molar-refractivity contribution in [2.24, 2.45) is 0 Å². The Morgan fingerprint density at radius 1 is 0.466 bits per heavy atom. The van der Waals surface area contributed by atoms with E-state index in [1.165, 1.54) is 43.6 Å². The van der Waals surface area contributed by atoms with Gasteiger partial charge in [-0.25, -0.2) is 9.97 Å². The van der Waals surface area contributed by atoms with Crippen molar-refractivity contribution in [2.75, 3.05) is 4.90 Å². The maximum Gasteiger partial charge on any atom is 0.141 e. The molecule has 0 bridgehead atoms. The molecule has 1 aliphatic rings. The molecule has 1 aliphatic heterocycles. The third-order valence-corrected chi connectivity index (χ3v) is 10.8. The van der Waals surface area contributed by atoms with Gasteiger partial charge >= 0.3 is 0 Å². The molecule has 4 heteroatoms. The zero-order valence-corrected chi connectivity index (χ0v) is 33.3. The van der Waals surface area contributed by atoms with Crippen LogP contribution in [0.15, 0.2) is 194 Å². The number of benzene rings is 8. The van der Waals surface area contributed by atoms with Crippen molar-refractivity contribution in [2.45, 2.75) is 27.7 Å². The number of aromatic nitrogens is 3. The van der Waals surface area contributed by atoms with Gasteiger partial charge in [0.15, 0.2) is 0 Å². The third kappa shape index (κ3) is 6.29. The van der Waals surface area contributed by atoms with Crippen molar-refractivity contribution < 1.29 is 0 Å². The Kier molecular flexibility index (Phi) is 9.83. The van der Waals surface area contributed by atoms with E-state index in [-0.39, 0.29) is 0 Å². The van der Waals surface area contributed by atoms with Crippen molar-refractivity contribution in [3.63, 3.8) is 0 Å². The molecule has 0 N–H and O–H groups in total. The lowest BCUT2D eigenvalue weighted by Gasteiger charge is -2.29. The van der Waals surface area contributed by atoms with Gasteiger partial charge in [-0.2, -0.15) is 0 Å². The summed E-state index contributed by atoms with van der Waals surface area (Å²) in [5, 5.41) is 6.02. The molecule has 0 radical (unpaired) electrons. The molecule has 280 valence electrons. The smallest absolute Gasteiger partial charge is 0.141 e. The van der Waals surface area contributed by atoms with Crippen molar-refractivity contribution in [1.29, 1.82) is 0 Å². The van der Waals surface area contributed by atoms with Crippen LogP contribution < -0.4 is 4.90 Å². The molecule has 0 unspecified atom stereocenters. The van der Waals surface area contributed by atoms with E-state index in [4.69, 9.17) is 9.97 Å². The summed E-state index contributed by atoms with van der Waals surface area (Å²) in [6, 6.07) is 68.7. The first-order valence-corrected chi connectivity index (χ1v) is 20.1. The molecule has 3 heterocycles. The Bertz CT molecular complexity index is 3010. The van der Waals surface area contributed by atoms with Gasteiger partial charge in [0.1, 0.15) is 11.6 Å². The normalized spacial score (nSPS) is 11.4. The molecule has 4 nitrogen and oxygen atoms in total. The average Bonchev–Trinajstić information content (AvgIpc) is 3.58. The number of fused-ring (bicyclic) bond motifs is 11. The summed E-state index contributed by atoms with van der Waals surface area (Å²) in [6.45, 7) is 8.19. The highest BCUT2D eigenvalue weighted by Crippen LogP contribution is 2.56. The van der Waals surface area contributed by atoms with Crippen molar-refractivity contribution >= 4 is 49.5 Å². The van der Waals surface area contributed by atoms with Crippen molar-refractivity contribution in [3.8, 4) is 39.5 Å². The molecule has 10 aromatic rings. The predicted molar refractivity (Wildman–Crippen MR) is 246 cm³/mol. The van der Waals surface area contributed by atoms with E-state index >= 15 is 0 Å². The van der Waals surface area contributed by atoms with E-state index in [2.05, 4.69) is 168 Å². The molecule has 0 saturated heterocycles. The van der Waals surface area contributed by atoms with Gasteiger partial charge in [0.2, 0.25) is 0 Å². The number of hydrogen-bond donors (Lipinski definition) is 0. The molecule has 8 aromatic carbocycles. The van der Waals surface area contributed by atoms with Crippen LogP contribution in [0.3, 0.4) is 0 Å². The highest BCUT2D eigenvalue weighted by atomic mass is 15.2. The third-order valence-electron chi connectivity index (χ3n) is 10.8. The molecule has 2 aromatic heterocycles. The Balaban J connectivity index is 0.000000496. The van der Waals surface area contributed by atoms with Gasteiger partial charge in [-0.05, 0) is 48.4 Å². The largest absolute Gasteiger partial charge is 0.309 e. The van der Waals surface area contributed by atoms with E-state index in [0.717, 1.165) is 56.7 Å². The van der Waals surface area contributed by atoms with Gasteiger partial charge < -0.3 is 4.90 Å². The maximum absolute atomic E-state index is 5.23. The Morgan fingerprint density at radius 3 is 1.84 bits per heavy atom. The standard InChI is InChI=1S/C46H32N4.C6H6.C2H6/c1-29-14-13-22-36-34(29)26-27-38-43-37-21-11-12-23-41(37)49(33-18-7-4-8-19-33)44-35-20-10-9-15-31(35)24-25-39(44)46(43)50(45(36)38)42-28-40(47-30(2)48-42)32-16-5-3-6-17-32;1-2-4-6-5-3-1;1-2/h3-28H,1-2H3;1-6H;1-2H3. The number of aryl methyl sites for hydroxylation is 2. The first kappa shape index (κ1) is 36.3. The van der Waals surface area contributed by atoms with Gasteiger partial charge in [0.25, 0.3) is 0 Å². The summed E-state index contributed by atoms with van der Waals surface area (Å²) in [7, 11) is 0. The summed E-state index contributed by atoms with van der Waals surface area (Å²) < 4.78 is 2.42. The summed E-state index contributed by atoms with van der Waals surface area (Å²) >= 11 is 0. The van der Waals surface area contributed by atoms with Crippen LogP contribution in [0.5, 0.6) is 0 Å². The molecule has 58 heavy (non-hydrogen) atoms. The molecular weight excluding hydrogens is 705 g/mol. The number of hydrogen-bond acceptors (Lipinski definition) is 3. The van der Waals surface area contributed by atoms with E-state index in [0.29, 0.717) is 0 Å². The topological polar surface area (TPSA) is 34.0 Å². The molecule has 0 fully saturated rings. The minimum absolute atomic E-state index is 0.729. The van der Waals surface area contributed by atoms with Crippen LogP contribution in [-0.2, 0) is 0 Å². The van der Waals surface area contributed by atoms with Gasteiger partial charge in [-0.3, -0.25) is 4.57 Å². The Labute approximate surface area is 340 Å². The molecule has 0 spiro atoms. The number of anilines is 3. The van der Waals surface area contributed by atoms with E-state index in [9.17, 15) is 0 Å². The van der Waals surface area contributed by atoms with Crippen LogP contribution in [0.25, 0.3) is 71.9 Å². The quantitative estimate of drug-likeness (QED) is 0.180. The summed E-state index contributed by atoms with van der Waals surface area (Å²) in [4.78, 5) is 12.6. The van der Waals surface area contributed by atoms with E-state index in [1.807, 2.05) is 63.2 Å². The van der Waals surface area contributed by atoms with Crippen molar-refractivity contribution in [3.05, 3.63) is 206 Å². The first-order valence-electron chi connectivity index (χ1n) is 20.1. The molecular formula is C54H44N4. The van der Waals surface area contributed by atoms with Gasteiger partial charge in [0, 0.05) is 50.2 Å². The highest BCUT2D eigenvalue weighted by molar-refractivity contribution is 6.21. The minimum atomic E-state index is 0.729. The van der Waals surface area contributed by atoms with Crippen LogP contribution in [0.4, 0.5) is 17.1 Å².